The number of aliphatic carboxylic acids is 3. The first-order chi connectivity index (χ1) is 24.8. The van der Waals surface area contributed by atoms with Gasteiger partial charge in [-0.05, 0) is 16.7 Å². The fourth-order valence-corrected chi connectivity index (χ4v) is 5.94. The highest BCUT2D eigenvalue weighted by Crippen LogP contribution is 2.12. The number of nitrogens with zero attached hydrogens (tertiary/aromatic N) is 3. The average molecular weight is 707 g/mol. The second-order valence-electron chi connectivity index (χ2n) is 12.4. The Bertz CT molecular complexity index is 1370. The molecule has 1 heterocycles. The second kappa shape index (κ2) is 21.9. The summed E-state index contributed by atoms with van der Waals surface area (Å²) in [6.07, 6.45) is 0. The molecule has 3 atom stereocenters. The number of carbonyl (C=O) groups is 3. The highest BCUT2D eigenvalue weighted by atomic mass is 16.5. The third-order valence-corrected chi connectivity index (χ3v) is 8.84. The van der Waals surface area contributed by atoms with E-state index in [2.05, 4.69) is 5.32 Å². The zero-order valence-corrected chi connectivity index (χ0v) is 28.9. The molecular weight excluding hydrogens is 656 g/mol. The van der Waals surface area contributed by atoms with Crippen LogP contribution in [-0.2, 0) is 48.4 Å². The van der Waals surface area contributed by atoms with E-state index in [4.69, 9.17) is 14.2 Å². The van der Waals surface area contributed by atoms with Crippen LogP contribution in [0.3, 0.4) is 0 Å². The summed E-state index contributed by atoms with van der Waals surface area (Å²) in [5, 5.41) is 34.2. The first-order valence-corrected chi connectivity index (χ1v) is 17.3. The molecule has 51 heavy (non-hydrogen) atoms. The fourth-order valence-electron chi connectivity index (χ4n) is 5.94. The van der Waals surface area contributed by atoms with Crippen LogP contribution in [0.1, 0.15) is 16.7 Å². The predicted octanol–water partition coefficient (Wildman–Crippen LogP) is 2.51. The van der Waals surface area contributed by atoms with Crippen LogP contribution in [-0.4, -0.2) is 138 Å². The molecule has 4 rings (SSSR count). The Kier molecular flexibility index (Phi) is 17.0. The van der Waals surface area contributed by atoms with E-state index < -0.39 is 36.0 Å². The van der Waals surface area contributed by atoms with Gasteiger partial charge >= 0.3 is 17.9 Å². The van der Waals surface area contributed by atoms with Crippen LogP contribution in [0.15, 0.2) is 91.0 Å². The lowest BCUT2D eigenvalue weighted by Crippen LogP contribution is -2.56. The highest BCUT2D eigenvalue weighted by Gasteiger charge is 2.32. The van der Waals surface area contributed by atoms with Gasteiger partial charge in [0.15, 0.2) is 0 Å². The lowest BCUT2D eigenvalue weighted by Gasteiger charge is -2.37. The van der Waals surface area contributed by atoms with Crippen molar-refractivity contribution < 1.29 is 43.9 Å². The molecule has 1 saturated heterocycles. The molecule has 0 bridgehead atoms. The van der Waals surface area contributed by atoms with Crippen molar-refractivity contribution in [3.63, 3.8) is 0 Å². The lowest BCUT2D eigenvalue weighted by atomic mass is 10.2. The molecule has 0 amide bonds. The molecule has 3 unspecified atom stereocenters. The van der Waals surface area contributed by atoms with Gasteiger partial charge in [-0.15, -0.1) is 0 Å². The number of nitrogens with one attached hydrogen (secondary N) is 1. The molecule has 1 aliphatic rings. The Morgan fingerprint density at radius 1 is 0.490 bits per heavy atom. The van der Waals surface area contributed by atoms with Crippen LogP contribution in [0.5, 0.6) is 0 Å². The lowest BCUT2D eigenvalue weighted by molar-refractivity contribution is -0.150. The Morgan fingerprint density at radius 3 is 1.04 bits per heavy atom. The van der Waals surface area contributed by atoms with Gasteiger partial charge in [-0.1, -0.05) is 91.0 Å². The Labute approximate surface area is 299 Å². The minimum atomic E-state index is -1.09. The molecule has 3 aromatic rings. The Morgan fingerprint density at radius 2 is 0.765 bits per heavy atom. The van der Waals surface area contributed by atoms with E-state index in [1.165, 1.54) is 0 Å². The summed E-state index contributed by atoms with van der Waals surface area (Å²) in [6.45, 7) is 2.96. The van der Waals surface area contributed by atoms with Crippen molar-refractivity contribution in [2.45, 2.75) is 37.9 Å². The van der Waals surface area contributed by atoms with Gasteiger partial charge in [-0.3, -0.25) is 29.1 Å². The number of hydrogen-bond acceptors (Lipinski definition) is 10. The van der Waals surface area contributed by atoms with Crippen LogP contribution in [0.4, 0.5) is 0 Å². The number of carboxylic acids is 3. The van der Waals surface area contributed by atoms with Crippen LogP contribution in [0.2, 0.25) is 0 Å². The minimum Gasteiger partial charge on any atom is -0.480 e. The monoisotopic (exact) mass is 706 g/mol. The molecule has 13 nitrogen and oxygen atoms in total. The normalized spacial score (nSPS) is 17.4. The van der Waals surface area contributed by atoms with Gasteiger partial charge < -0.3 is 34.8 Å². The van der Waals surface area contributed by atoms with E-state index in [1.807, 2.05) is 91.0 Å². The molecule has 13 heteroatoms. The van der Waals surface area contributed by atoms with Crippen molar-refractivity contribution in [2.75, 3.05) is 72.2 Å². The maximum absolute atomic E-state index is 12.7. The molecule has 1 aliphatic heterocycles. The van der Waals surface area contributed by atoms with Gasteiger partial charge in [0.1, 0.15) is 18.1 Å². The number of ether oxygens (including phenoxy) is 3. The molecule has 1 fully saturated rings. The first kappa shape index (κ1) is 39.6. The molecule has 3 aromatic carbocycles. The molecule has 0 radical (unpaired) electrons. The number of benzene rings is 3. The van der Waals surface area contributed by atoms with Crippen molar-refractivity contribution >= 4 is 17.9 Å². The van der Waals surface area contributed by atoms with Crippen LogP contribution >= 0.6 is 0 Å². The zero-order valence-electron chi connectivity index (χ0n) is 28.9. The summed E-state index contributed by atoms with van der Waals surface area (Å²) < 4.78 is 17.6. The number of carboxylic acid groups (broad SMARTS) is 3. The average Bonchev–Trinajstić information content (AvgIpc) is 3.12. The maximum atomic E-state index is 12.7. The van der Waals surface area contributed by atoms with Gasteiger partial charge in [-0.25, -0.2) is 0 Å². The quantitative estimate of drug-likeness (QED) is 0.153. The van der Waals surface area contributed by atoms with Crippen molar-refractivity contribution in [3.8, 4) is 0 Å². The van der Waals surface area contributed by atoms with E-state index in [1.54, 1.807) is 14.7 Å². The van der Waals surface area contributed by atoms with Crippen molar-refractivity contribution in [1.29, 1.82) is 0 Å². The van der Waals surface area contributed by atoms with Gasteiger partial charge in [0, 0.05) is 52.4 Å². The van der Waals surface area contributed by atoms with E-state index in [-0.39, 0.29) is 65.8 Å². The smallest absolute Gasteiger partial charge is 0.323 e. The second-order valence-corrected chi connectivity index (χ2v) is 12.4. The molecular formula is C38H50N4O9. The predicted molar refractivity (Wildman–Crippen MR) is 190 cm³/mol. The van der Waals surface area contributed by atoms with Crippen LogP contribution in [0, 0.1) is 0 Å². The van der Waals surface area contributed by atoms with E-state index in [0.717, 1.165) is 16.7 Å². The SMILES string of the molecule is O=C(O)C(COCc1ccccc1)N1CCNCCN(C(COCc2ccccc2)C(=O)O)CCN(C(COCc2ccccc2)C(=O)O)CC1. The number of rotatable bonds is 18. The van der Waals surface area contributed by atoms with Gasteiger partial charge in [0.25, 0.3) is 0 Å². The Balaban J connectivity index is 1.49. The standard InChI is InChI=1S/C38H50N4O9/c43-36(44)33(27-49-24-30-10-4-1-5-11-30)40-18-16-39-17-19-41(34(37(45)46)28-50-25-31-12-6-2-7-13-31)21-23-42(22-20-40)35(38(47)48)29-51-26-32-14-8-3-9-15-32/h1-15,33-35,39H,16-29H2,(H,43,44)(H,45,46)(H,47,48). The third-order valence-electron chi connectivity index (χ3n) is 8.84. The number of hydrogen-bond donors (Lipinski definition) is 4. The van der Waals surface area contributed by atoms with E-state index >= 15 is 0 Å². The molecule has 4 N–H and O–H groups in total. The summed E-state index contributed by atoms with van der Waals surface area (Å²) in [5.74, 6) is -3.15. The zero-order chi connectivity index (χ0) is 36.3. The largest absolute Gasteiger partial charge is 0.480 e. The van der Waals surface area contributed by atoms with Crippen molar-refractivity contribution in [1.82, 2.24) is 20.0 Å². The summed E-state index contributed by atoms with van der Waals surface area (Å²) in [4.78, 5) is 43.1. The van der Waals surface area contributed by atoms with Crippen molar-refractivity contribution in [2.24, 2.45) is 0 Å². The molecule has 0 aromatic heterocycles. The minimum absolute atomic E-state index is 0.0518. The molecule has 276 valence electrons. The van der Waals surface area contributed by atoms with E-state index in [0.29, 0.717) is 26.2 Å². The highest BCUT2D eigenvalue weighted by molar-refractivity contribution is 5.74. The first-order valence-electron chi connectivity index (χ1n) is 17.3. The topological polar surface area (TPSA) is 161 Å². The summed E-state index contributed by atoms with van der Waals surface area (Å²) in [7, 11) is 0. The van der Waals surface area contributed by atoms with Gasteiger partial charge in [0.2, 0.25) is 0 Å². The van der Waals surface area contributed by atoms with Gasteiger partial charge in [0.05, 0.1) is 39.6 Å². The van der Waals surface area contributed by atoms with Crippen LogP contribution in [0.25, 0.3) is 0 Å². The maximum Gasteiger partial charge on any atom is 0.323 e. The fraction of sp³-hybridized carbons (Fsp3) is 0.447. The van der Waals surface area contributed by atoms with Crippen LogP contribution < -0.4 is 5.32 Å². The summed E-state index contributed by atoms with van der Waals surface area (Å²) >= 11 is 0. The van der Waals surface area contributed by atoms with Crippen molar-refractivity contribution in [3.05, 3.63) is 108 Å². The molecule has 0 saturated carbocycles. The molecule has 0 aliphatic carbocycles. The summed E-state index contributed by atoms with van der Waals surface area (Å²) in [5.41, 5.74) is 2.76. The third kappa shape index (κ3) is 13.8. The Hall–Kier alpha value is -4.21. The molecule has 0 spiro atoms. The van der Waals surface area contributed by atoms with Gasteiger partial charge in [-0.2, -0.15) is 0 Å². The summed E-state index contributed by atoms with van der Waals surface area (Å²) in [6, 6.07) is 25.5. The van der Waals surface area contributed by atoms with E-state index in [9.17, 15) is 29.7 Å².